The summed E-state index contributed by atoms with van der Waals surface area (Å²) in [4.78, 5) is 34.3. The zero-order valence-corrected chi connectivity index (χ0v) is 8.52. The Bertz CT molecular complexity index is 416. The van der Waals surface area contributed by atoms with Crippen LogP contribution >= 0.6 is 12.4 Å². The summed E-state index contributed by atoms with van der Waals surface area (Å²) in [6, 6.07) is 3.15. The maximum absolute atomic E-state index is 10.6. The molecule has 16 heavy (non-hydrogen) atoms. The van der Waals surface area contributed by atoms with Crippen LogP contribution in [-0.2, 0) is 4.79 Å². The highest BCUT2D eigenvalue weighted by molar-refractivity contribution is 5.95. The van der Waals surface area contributed by atoms with Gasteiger partial charge in [0.05, 0.1) is 16.8 Å². The van der Waals surface area contributed by atoms with Crippen LogP contribution in [0.5, 0.6) is 0 Å². The van der Waals surface area contributed by atoms with Gasteiger partial charge in [0.15, 0.2) is 0 Å². The van der Waals surface area contributed by atoms with Crippen molar-refractivity contribution in [1.29, 1.82) is 0 Å². The van der Waals surface area contributed by atoms with E-state index in [1.807, 2.05) is 0 Å². The van der Waals surface area contributed by atoms with E-state index < -0.39 is 11.9 Å². The zero-order valence-electron chi connectivity index (χ0n) is 7.71. The number of isocyanates is 1. The molecule has 0 atom stereocenters. The zero-order chi connectivity index (χ0) is 11.4. The van der Waals surface area contributed by atoms with Gasteiger partial charge < -0.3 is 10.2 Å². The first-order valence-corrected chi connectivity index (χ1v) is 3.74. The Morgan fingerprint density at radius 1 is 1.06 bits per heavy atom. The lowest BCUT2D eigenvalue weighted by Crippen LogP contribution is -2.01. The molecular formula is C9H6ClNO5. The van der Waals surface area contributed by atoms with Crippen molar-refractivity contribution >= 4 is 36.1 Å². The number of halogens is 1. The summed E-state index contributed by atoms with van der Waals surface area (Å²) < 4.78 is 0. The number of carbonyl (C=O) groups is 2. The molecule has 0 radical (unpaired) electrons. The Morgan fingerprint density at radius 3 is 1.81 bits per heavy atom. The smallest absolute Gasteiger partial charge is 0.335 e. The largest absolute Gasteiger partial charge is 0.478 e. The van der Waals surface area contributed by atoms with Gasteiger partial charge in [-0.25, -0.2) is 14.4 Å². The van der Waals surface area contributed by atoms with Crippen LogP contribution in [0.2, 0.25) is 0 Å². The molecule has 0 bridgehead atoms. The maximum Gasteiger partial charge on any atom is 0.335 e. The van der Waals surface area contributed by atoms with Crippen molar-refractivity contribution in [3.8, 4) is 0 Å². The lowest BCUT2D eigenvalue weighted by atomic mass is 10.1. The highest BCUT2D eigenvalue weighted by atomic mass is 35.5. The molecule has 7 heteroatoms. The lowest BCUT2D eigenvalue weighted by Gasteiger charge is -1.99. The van der Waals surface area contributed by atoms with E-state index in [2.05, 4.69) is 4.99 Å². The van der Waals surface area contributed by atoms with Crippen molar-refractivity contribution in [3.05, 3.63) is 29.3 Å². The van der Waals surface area contributed by atoms with E-state index >= 15 is 0 Å². The summed E-state index contributed by atoms with van der Waals surface area (Å²) in [5.41, 5.74) is -0.546. The fraction of sp³-hybridized carbons (Fsp3) is 0. The topological polar surface area (TPSA) is 104 Å². The number of carboxylic acid groups (broad SMARTS) is 2. The Hall–Kier alpha value is -2.17. The predicted octanol–water partition coefficient (Wildman–Crippen LogP) is 1.47. The molecule has 0 aliphatic rings. The van der Waals surface area contributed by atoms with E-state index in [1.54, 1.807) is 0 Å². The molecule has 0 saturated heterocycles. The number of carbonyl (C=O) groups excluding carboxylic acids is 1. The van der Waals surface area contributed by atoms with Crippen molar-refractivity contribution in [2.24, 2.45) is 4.99 Å². The number of hydrogen-bond donors (Lipinski definition) is 2. The van der Waals surface area contributed by atoms with Gasteiger partial charge in [-0.3, -0.25) is 0 Å². The maximum atomic E-state index is 10.6. The average molecular weight is 244 g/mol. The van der Waals surface area contributed by atoms with Crippen LogP contribution in [0.4, 0.5) is 5.69 Å². The van der Waals surface area contributed by atoms with Gasteiger partial charge in [-0.1, -0.05) is 0 Å². The normalized spacial score (nSPS) is 8.50. The average Bonchev–Trinajstić information content (AvgIpc) is 2.17. The predicted molar refractivity (Wildman–Crippen MR) is 55.4 cm³/mol. The van der Waals surface area contributed by atoms with E-state index in [1.165, 1.54) is 6.08 Å². The first kappa shape index (κ1) is 13.8. The van der Waals surface area contributed by atoms with E-state index in [9.17, 15) is 14.4 Å². The highest BCUT2D eigenvalue weighted by Gasteiger charge is 2.10. The van der Waals surface area contributed by atoms with Crippen molar-refractivity contribution in [2.75, 3.05) is 0 Å². The third-order valence-electron chi connectivity index (χ3n) is 1.59. The summed E-state index contributed by atoms with van der Waals surface area (Å²) in [6.07, 6.45) is 1.21. The molecule has 0 spiro atoms. The first-order chi connectivity index (χ1) is 7.04. The third-order valence-corrected chi connectivity index (χ3v) is 1.59. The molecule has 84 valence electrons. The Balaban J connectivity index is 0.00000225. The fourth-order valence-corrected chi connectivity index (χ4v) is 0.975. The van der Waals surface area contributed by atoms with Crippen LogP contribution in [0.3, 0.4) is 0 Å². The standard InChI is InChI=1S/C9H5NO5.ClH/c11-4-10-7-2-5(8(12)13)1-6(3-7)9(14)15;/h1-3H,(H,12,13)(H,14,15);1H. The molecule has 1 aromatic carbocycles. The summed E-state index contributed by atoms with van der Waals surface area (Å²) >= 11 is 0. The second-order valence-corrected chi connectivity index (χ2v) is 2.58. The van der Waals surface area contributed by atoms with Gasteiger partial charge in [-0.15, -0.1) is 12.4 Å². The van der Waals surface area contributed by atoms with E-state index in [0.29, 0.717) is 0 Å². The molecular weight excluding hydrogens is 238 g/mol. The molecule has 0 aliphatic heterocycles. The van der Waals surface area contributed by atoms with Gasteiger partial charge in [-0.2, -0.15) is 4.99 Å². The quantitative estimate of drug-likeness (QED) is 0.618. The number of aliphatic imine (C=N–C) groups is 1. The molecule has 2 N–H and O–H groups in total. The first-order valence-electron chi connectivity index (χ1n) is 3.74. The molecule has 0 aromatic heterocycles. The second kappa shape index (κ2) is 5.65. The van der Waals surface area contributed by atoms with Gasteiger partial charge in [0, 0.05) is 0 Å². The van der Waals surface area contributed by atoms with Crippen molar-refractivity contribution < 1.29 is 24.6 Å². The van der Waals surface area contributed by atoms with Gasteiger partial charge in [0.1, 0.15) is 0 Å². The Morgan fingerprint density at radius 2 is 1.50 bits per heavy atom. The van der Waals surface area contributed by atoms with Crippen molar-refractivity contribution in [1.82, 2.24) is 0 Å². The molecule has 0 unspecified atom stereocenters. The van der Waals surface area contributed by atoms with Crippen LogP contribution in [0.1, 0.15) is 20.7 Å². The minimum Gasteiger partial charge on any atom is -0.478 e. The fourth-order valence-electron chi connectivity index (χ4n) is 0.975. The third kappa shape index (κ3) is 3.20. The highest BCUT2D eigenvalue weighted by Crippen LogP contribution is 2.17. The van der Waals surface area contributed by atoms with E-state index in [-0.39, 0.29) is 29.2 Å². The van der Waals surface area contributed by atoms with Gasteiger partial charge in [0.25, 0.3) is 0 Å². The van der Waals surface area contributed by atoms with Crippen LogP contribution in [-0.4, -0.2) is 28.2 Å². The SMILES string of the molecule is Cl.O=C=Nc1cc(C(=O)O)cc(C(=O)O)c1. The van der Waals surface area contributed by atoms with E-state index in [0.717, 1.165) is 18.2 Å². The molecule has 0 saturated carbocycles. The van der Waals surface area contributed by atoms with Gasteiger partial charge in [-0.05, 0) is 18.2 Å². The van der Waals surface area contributed by atoms with Crippen LogP contribution in [0.15, 0.2) is 23.2 Å². The summed E-state index contributed by atoms with van der Waals surface area (Å²) in [7, 11) is 0. The van der Waals surface area contributed by atoms with Gasteiger partial charge >= 0.3 is 11.9 Å². The molecule has 1 rings (SSSR count). The molecule has 0 amide bonds. The summed E-state index contributed by atoms with van der Waals surface area (Å²) in [5.74, 6) is -2.58. The minimum absolute atomic E-state index is 0. The number of carboxylic acids is 2. The van der Waals surface area contributed by atoms with Crippen LogP contribution in [0, 0.1) is 0 Å². The number of hydrogen-bond acceptors (Lipinski definition) is 4. The van der Waals surface area contributed by atoms with Crippen molar-refractivity contribution in [2.45, 2.75) is 0 Å². The monoisotopic (exact) mass is 243 g/mol. The van der Waals surface area contributed by atoms with Crippen LogP contribution in [0.25, 0.3) is 0 Å². The Labute approximate surface area is 95.6 Å². The molecule has 0 aliphatic carbocycles. The van der Waals surface area contributed by atoms with Crippen LogP contribution < -0.4 is 0 Å². The molecule has 0 heterocycles. The number of aromatic carboxylic acids is 2. The minimum atomic E-state index is -1.29. The second-order valence-electron chi connectivity index (χ2n) is 2.58. The number of nitrogens with zero attached hydrogens (tertiary/aromatic N) is 1. The Kier molecular flexibility index (Phi) is 4.88. The van der Waals surface area contributed by atoms with Gasteiger partial charge in [0.2, 0.25) is 6.08 Å². The molecule has 0 fully saturated rings. The van der Waals surface area contributed by atoms with Crippen molar-refractivity contribution in [3.63, 3.8) is 0 Å². The number of benzene rings is 1. The summed E-state index contributed by atoms with van der Waals surface area (Å²) in [5, 5.41) is 17.3. The number of rotatable bonds is 3. The van der Waals surface area contributed by atoms with E-state index in [4.69, 9.17) is 10.2 Å². The molecule has 1 aromatic rings. The molecule has 6 nitrogen and oxygen atoms in total. The summed E-state index contributed by atoms with van der Waals surface area (Å²) in [6.45, 7) is 0. The lowest BCUT2D eigenvalue weighted by molar-refractivity contribution is 0.0696.